The van der Waals surface area contributed by atoms with Gasteiger partial charge in [0.2, 0.25) is 0 Å². The van der Waals surface area contributed by atoms with Crippen molar-refractivity contribution in [2.75, 3.05) is 10.2 Å². The van der Waals surface area contributed by atoms with Gasteiger partial charge >= 0.3 is 6.03 Å². The van der Waals surface area contributed by atoms with Crippen LogP contribution in [0, 0.1) is 12.8 Å². The van der Waals surface area contributed by atoms with Crippen molar-refractivity contribution in [2.45, 2.75) is 65.0 Å². The summed E-state index contributed by atoms with van der Waals surface area (Å²) in [6.45, 7) is 6.30. The molecule has 4 N–H and O–H groups in total. The highest BCUT2D eigenvalue weighted by Crippen LogP contribution is 2.46. The number of pyridine rings is 2. The van der Waals surface area contributed by atoms with E-state index in [1.807, 2.05) is 19.1 Å². The lowest BCUT2D eigenvalue weighted by atomic mass is 9.91. The molecule has 0 saturated heterocycles. The number of aryl methyl sites for hydroxylation is 1. The van der Waals surface area contributed by atoms with Crippen molar-refractivity contribution in [3.63, 3.8) is 0 Å². The van der Waals surface area contributed by atoms with Crippen LogP contribution >= 0.6 is 11.3 Å². The van der Waals surface area contributed by atoms with Gasteiger partial charge in [0.15, 0.2) is 0 Å². The van der Waals surface area contributed by atoms with E-state index in [0.717, 1.165) is 48.7 Å². The second-order valence-electron chi connectivity index (χ2n) is 9.67. The van der Waals surface area contributed by atoms with Crippen LogP contribution in [0.25, 0.3) is 10.2 Å². The Morgan fingerprint density at radius 1 is 1.29 bits per heavy atom. The number of urea groups is 1. The van der Waals surface area contributed by atoms with Crippen LogP contribution in [0.3, 0.4) is 0 Å². The van der Waals surface area contributed by atoms with E-state index in [4.69, 9.17) is 5.73 Å². The second kappa shape index (κ2) is 8.96. The molecular weight excluding hydrogens is 448 g/mol. The Kier molecular flexibility index (Phi) is 5.99. The quantitative estimate of drug-likeness (QED) is 0.484. The zero-order valence-electron chi connectivity index (χ0n) is 19.7. The number of nitrogens with zero attached hydrogens (tertiary/aromatic N) is 3. The number of nitrogens with two attached hydrogens (primary N) is 1. The molecule has 1 aliphatic carbocycles. The number of hydrogen-bond acceptors (Lipinski definition) is 6. The van der Waals surface area contributed by atoms with E-state index in [1.54, 1.807) is 17.3 Å². The molecule has 1 saturated carbocycles. The lowest BCUT2D eigenvalue weighted by Crippen LogP contribution is -2.49. The van der Waals surface area contributed by atoms with Crippen molar-refractivity contribution in [3.05, 3.63) is 40.7 Å². The van der Waals surface area contributed by atoms with E-state index in [-0.39, 0.29) is 24.0 Å². The van der Waals surface area contributed by atoms with Gasteiger partial charge < -0.3 is 16.4 Å². The number of amides is 3. The molecule has 178 valence electrons. The first-order valence-corrected chi connectivity index (χ1v) is 12.7. The van der Waals surface area contributed by atoms with Gasteiger partial charge in [-0.25, -0.2) is 9.78 Å². The molecule has 0 radical (unpaired) electrons. The maximum absolute atomic E-state index is 13.3. The molecule has 2 atom stereocenters. The van der Waals surface area contributed by atoms with Gasteiger partial charge in [-0.3, -0.25) is 14.7 Å². The van der Waals surface area contributed by atoms with Gasteiger partial charge in [0.05, 0.1) is 28.6 Å². The maximum Gasteiger partial charge on any atom is 0.331 e. The highest BCUT2D eigenvalue weighted by Gasteiger charge is 2.34. The van der Waals surface area contributed by atoms with Gasteiger partial charge in [-0.1, -0.05) is 26.7 Å². The van der Waals surface area contributed by atoms with Crippen molar-refractivity contribution in [3.8, 4) is 0 Å². The number of hydrogen-bond donors (Lipinski definition) is 3. The Hall–Kier alpha value is -3.04. The summed E-state index contributed by atoms with van der Waals surface area (Å²) in [6, 6.07) is 3.44. The average molecular weight is 479 g/mol. The van der Waals surface area contributed by atoms with Crippen molar-refractivity contribution in [1.29, 1.82) is 0 Å². The summed E-state index contributed by atoms with van der Waals surface area (Å²) in [4.78, 5) is 38.5. The molecule has 3 aromatic rings. The fourth-order valence-electron chi connectivity index (χ4n) is 4.93. The van der Waals surface area contributed by atoms with E-state index in [9.17, 15) is 9.59 Å². The second-order valence-corrected chi connectivity index (χ2v) is 10.7. The van der Waals surface area contributed by atoms with Crippen molar-refractivity contribution in [2.24, 2.45) is 11.7 Å². The predicted octanol–water partition coefficient (Wildman–Crippen LogP) is 4.88. The van der Waals surface area contributed by atoms with Gasteiger partial charge in [-0.2, -0.15) is 0 Å². The number of thiophene rings is 1. The average Bonchev–Trinajstić information content (AvgIpc) is 3.16. The fraction of sp³-hybridized carbons (Fsp3) is 0.440. The van der Waals surface area contributed by atoms with Crippen molar-refractivity contribution < 1.29 is 9.59 Å². The Morgan fingerprint density at radius 2 is 2.09 bits per heavy atom. The zero-order valence-corrected chi connectivity index (χ0v) is 20.5. The molecule has 4 heterocycles. The fourth-order valence-corrected chi connectivity index (χ4v) is 5.95. The van der Waals surface area contributed by atoms with E-state index in [0.29, 0.717) is 32.7 Å². The molecule has 3 aromatic heterocycles. The molecule has 1 aliphatic heterocycles. The first kappa shape index (κ1) is 22.7. The third kappa shape index (κ3) is 4.03. The highest BCUT2D eigenvalue weighted by molar-refractivity contribution is 7.21. The summed E-state index contributed by atoms with van der Waals surface area (Å²) < 4.78 is 0. The Labute approximate surface area is 203 Å². The largest absolute Gasteiger partial charge is 0.347 e. The van der Waals surface area contributed by atoms with Gasteiger partial charge in [0, 0.05) is 24.0 Å². The van der Waals surface area contributed by atoms with Crippen molar-refractivity contribution >= 4 is 50.6 Å². The number of aromatic nitrogens is 2. The third-order valence-corrected chi connectivity index (χ3v) is 7.68. The molecule has 5 rings (SSSR count). The van der Waals surface area contributed by atoms with E-state index in [1.165, 1.54) is 11.3 Å². The lowest BCUT2D eigenvalue weighted by Gasteiger charge is -2.30. The Bertz CT molecular complexity index is 1270. The summed E-state index contributed by atoms with van der Waals surface area (Å²) in [5, 5.41) is 6.83. The molecule has 0 unspecified atom stereocenters. The number of rotatable bonds is 5. The first-order chi connectivity index (χ1) is 16.3. The number of nitrogens with one attached hydrogen (secondary N) is 2. The topological polar surface area (TPSA) is 113 Å². The van der Waals surface area contributed by atoms with Gasteiger partial charge in [-0.15, -0.1) is 11.3 Å². The van der Waals surface area contributed by atoms with E-state index < -0.39 is 0 Å². The minimum Gasteiger partial charge on any atom is -0.347 e. The lowest BCUT2D eigenvalue weighted by molar-refractivity contribution is 0.0926. The van der Waals surface area contributed by atoms with Crippen LogP contribution in [0.1, 0.15) is 60.5 Å². The molecule has 0 spiro atoms. The molecule has 3 amide bonds. The molecule has 0 aromatic carbocycles. The Morgan fingerprint density at radius 3 is 2.82 bits per heavy atom. The minimum atomic E-state index is -0.316. The zero-order chi connectivity index (χ0) is 24.0. The molecule has 0 bridgehead atoms. The van der Waals surface area contributed by atoms with Crippen LogP contribution in [0.4, 0.5) is 21.9 Å². The third-order valence-electron chi connectivity index (χ3n) is 6.59. The standard InChI is InChI=1S/C25H30N6O2S/c1-13(2)10-15-11-14(3)19(12-28-15)31-18-8-9-27-24-20(18)21(30-25(31)33)22(34-24)23(32)29-17-7-5-4-6-16(17)26/h8-9,11-13,16-17H,4-7,10,26H2,1-3H3,(H,29,32)(H,30,33)/t16-,17+/m0/s1. The van der Waals surface area contributed by atoms with Crippen LogP contribution in [-0.2, 0) is 6.42 Å². The van der Waals surface area contributed by atoms with Gasteiger partial charge in [0.25, 0.3) is 5.91 Å². The minimum absolute atomic E-state index is 0.0451. The molecule has 9 heteroatoms. The van der Waals surface area contributed by atoms with Crippen LogP contribution in [0.2, 0.25) is 0 Å². The summed E-state index contributed by atoms with van der Waals surface area (Å²) >= 11 is 1.29. The maximum atomic E-state index is 13.3. The van der Waals surface area contributed by atoms with Crippen LogP contribution in [0.15, 0.2) is 24.5 Å². The highest BCUT2D eigenvalue weighted by atomic mass is 32.1. The normalized spacial score (nSPS) is 20.0. The number of carbonyl (C=O) groups excluding carboxylic acids is 2. The van der Waals surface area contributed by atoms with Crippen molar-refractivity contribution in [1.82, 2.24) is 15.3 Å². The van der Waals surface area contributed by atoms with Crippen LogP contribution in [-0.4, -0.2) is 34.0 Å². The molecule has 34 heavy (non-hydrogen) atoms. The predicted molar refractivity (Wildman–Crippen MR) is 136 cm³/mol. The monoisotopic (exact) mass is 478 g/mol. The summed E-state index contributed by atoms with van der Waals surface area (Å²) in [7, 11) is 0. The summed E-state index contributed by atoms with van der Waals surface area (Å²) in [5.41, 5.74) is 10.1. The first-order valence-electron chi connectivity index (χ1n) is 11.9. The van der Waals surface area contributed by atoms with Crippen LogP contribution in [0.5, 0.6) is 0 Å². The molecular formula is C25H30N6O2S. The molecule has 8 nitrogen and oxygen atoms in total. The van der Waals surface area contributed by atoms with Gasteiger partial charge in [-0.05, 0) is 49.8 Å². The van der Waals surface area contributed by atoms with E-state index >= 15 is 0 Å². The molecule has 2 aliphatic rings. The number of carbonyl (C=O) groups is 2. The summed E-state index contributed by atoms with van der Waals surface area (Å²) in [5.74, 6) is 0.285. The van der Waals surface area contributed by atoms with Gasteiger partial charge in [0.1, 0.15) is 9.71 Å². The van der Waals surface area contributed by atoms with E-state index in [2.05, 4.69) is 34.4 Å². The Balaban J connectivity index is 1.52. The SMILES string of the molecule is Cc1cc(CC(C)C)ncc1N1C(=O)Nc2c(C(=O)N[C@@H]3CCCC[C@@H]3N)sc3nccc1c23. The smallest absolute Gasteiger partial charge is 0.331 e. The van der Waals surface area contributed by atoms with Crippen LogP contribution < -0.4 is 21.3 Å². The molecule has 1 fully saturated rings. The number of anilines is 3. The summed E-state index contributed by atoms with van der Waals surface area (Å²) in [6.07, 6.45) is 8.24.